The molecule has 37 heavy (non-hydrogen) atoms. The van der Waals surface area contributed by atoms with Crippen molar-refractivity contribution in [3.63, 3.8) is 0 Å². The number of hydrogen-bond donors (Lipinski definition) is 5. The summed E-state index contributed by atoms with van der Waals surface area (Å²) in [6.07, 6.45) is 2.92. The van der Waals surface area contributed by atoms with E-state index in [2.05, 4.69) is 25.4 Å². The third-order valence-electron chi connectivity index (χ3n) is 5.09. The Kier molecular flexibility index (Phi) is 8.77. The number of halogens is 2. The molecule has 1 atom stereocenters. The molecule has 0 fully saturated rings. The molecular weight excluding hydrogens is 507 g/mol. The van der Waals surface area contributed by atoms with Gasteiger partial charge in [-0.2, -0.15) is 0 Å². The molecule has 4 rings (SSSR count). The molecule has 2 aromatic carbocycles. The second-order valence-electron chi connectivity index (χ2n) is 7.45. The van der Waals surface area contributed by atoms with Crippen LogP contribution >= 0.6 is 12.4 Å². The van der Waals surface area contributed by atoms with Crippen LogP contribution in [0.4, 0.5) is 10.1 Å². The number of methoxy groups -OCH3 is 1. The molecule has 0 radical (unpaired) electrons. The monoisotopic (exact) mass is 530 g/mol. The number of benzene rings is 2. The first-order valence-corrected chi connectivity index (χ1v) is 10.7. The Morgan fingerprint density at radius 2 is 1.97 bits per heavy atom. The predicted molar refractivity (Wildman–Crippen MR) is 135 cm³/mol. The molecule has 14 heteroatoms. The summed E-state index contributed by atoms with van der Waals surface area (Å²) in [4.78, 5) is 23.4. The molecular formula is C23H24ClFN8O4. The quantitative estimate of drug-likeness (QED) is 0.151. The van der Waals surface area contributed by atoms with Crippen molar-refractivity contribution in [3.8, 4) is 17.4 Å². The first-order chi connectivity index (χ1) is 17.4. The first-order valence-electron chi connectivity index (χ1n) is 10.7. The van der Waals surface area contributed by atoms with E-state index >= 15 is 4.39 Å². The van der Waals surface area contributed by atoms with Crippen molar-refractivity contribution in [2.45, 2.75) is 6.04 Å². The van der Waals surface area contributed by atoms with E-state index in [9.17, 15) is 4.79 Å². The highest BCUT2D eigenvalue weighted by Gasteiger charge is 2.27. The maximum Gasteiger partial charge on any atom is 0.350 e. The van der Waals surface area contributed by atoms with Crippen molar-refractivity contribution < 1.29 is 19.0 Å². The van der Waals surface area contributed by atoms with Crippen molar-refractivity contribution in [2.24, 2.45) is 5.73 Å². The largest absolute Gasteiger partial charge is 0.497 e. The number of aromatic nitrogens is 5. The molecule has 194 valence electrons. The number of H-pyrrole nitrogens is 1. The number of nitrogens with zero attached hydrogens (tertiary/aromatic N) is 4. The number of aliphatic hydroxyl groups excluding tert-OH is 1. The Morgan fingerprint density at radius 1 is 1.27 bits per heavy atom. The number of aliphatic hydroxyl groups is 1. The summed E-state index contributed by atoms with van der Waals surface area (Å²) in [5, 5.41) is 24.1. The van der Waals surface area contributed by atoms with Crippen LogP contribution in [-0.4, -0.2) is 56.0 Å². The number of hydrogen-bond acceptors (Lipinski definition) is 9. The van der Waals surface area contributed by atoms with E-state index in [1.54, 1.807) is 30.3 Å². The standard InChI is InChI=1S/C23H23FN8O4.ClH/c1-35-15-11-16(18(24)17(12-15)36-10-9-33)19(29-14-5-3-13(4-6-14)20(25)26)21-30-23(34)32(31-21)22-27-7-2-8-28-22;/h2-8,11-12,19,29,33H,9-10H2,1H3,(H3,25,26)(H,30,31,34);1H/t19-;/m1./s1. The Balaban J connectivity index is 0.00000380. The van der Waals surface area contributed by atoms with Crippen molar-refractivity contribution >= 4 is 23.9 Å². The van der Waals surface area contributed by atoms with Crippen LogP contribution in [-0.2, 0) is 0 Å². The molecule has 0 aliphatic rings. The van der Waals surface area contributed by atoms with Crippen LogP contribution in [0.5, 0.6) is 11.5 Å². The lowest BCUT2D eigenvalue weighted by molar-refractivity contribution is 0.195. The van der Waals surface area contributed by atoms with Crippen LogP contribution in [0, 0.1) is 11.2 Å². The fourth-order valence-electron chi connectivity index (χ4n) is 3.39. The van der Waals surface area contributed by atoms with Crippen molar-refractivity contribution in [3.05, 3.63) is 88.1 Å². The van der Waals surface area contributed by atoms with Gasteiger partial charge >= 0.3 is 5.69 Å². The van der Waals surface area contributed by atoms with Gasteiger partial charge in [0.05, 0.1) is 13.7 Å². The minimum atomic E-state index is -1.03. The van der Waals surface area contributed by atoms with E-state index in [1.807, 2.05) is 0 Å². The average Bonchev–Trinajstić information content (AvgIpc) is 3.28. The van der Waals surface area contributed by atoms with Crippen LogP contribution in [0.25, 0.3) is 5.95 Å². The SMILES string of the molecule is COc1cc(OCCO)c(F)c([C@@H](Nc2ccc(C(=N)N)cc2)c2nn(-c3ncccn3)c(=O)[nH]2)c1.Cl. The third kappa shape index (κ3) is 6.02. The second-order valence-corrected chi connectivity index (χ2v) is 7.45. The molecule has 4 aromatic rings. The summed E-state index contributed by atoms with van der Waals surface area (Å²) in [5.41, 5.74) is 5.98. The Morgan fingerprint density at radius 3 is 2.59 bits per heavy atom. The van der Waals surface area contributed by atoms with E-state index in [4.69, 9.17) is 25.7 Å². The molecule has 0 bridgehead atoms. The van der Waals surface area contributed by atoms with Gasteiger partial charge in [0.15, 0.2) is 17.4 Å². The highest BCUT2D eigenvalue weighted by atomic mass is 35.5. The summed E-state index contributed by atoms with van der Waals surface area (Å²) in [6.45, 7) is -0.449. The predicted octanol–water partition coefficient (Wildman–Crippen LogP) is 1.78. The van der Waals surface area contributed by atoms with Crippen molar-refractivity contribution in [1.29, 1.82) is 5.41 Å². The topological polar surface area (TPSA) is 177 Å². The summed E-state index contributed by atoms with van der Waals surface area (Å²) < 4.78 is 27.3. The number of nitrogens with two attached hydrogens (primary N) is 1. The van der Waals surface area contributed by atoms with Crippen LogP contribution in [0.3, 0.4) is 0 Å². The van der Waals surface area contributed by atoms with Gasteiger partial charge in [0.1, 0.15) is 24.2 Å². The zero-order valence-electron chi connectivity index (χ0n) is 19.5. The zero-order chi connectivity index (χ0) is 25.7. The highest BCUT2D eigenvalue weighted by Crippen LogP contribution is 2.34. The number of ether oxygens (including phenoxy) is 2. The maximum atomic E-state index is 15.7. The normalized spacial score (nSPS) is 11.3. The number of nitrogens with one attached hydrogen (secondary N) is 3. The van der Waals surface area contributed by atoms with Gasteiger partial charge in [-0.25, -0.2) is 19.2 Å². The summed E-state index contributed by atoms with van der Waals surface area (Å²) in [7, 11) is 1.42. The number of nitrogen functional groups attached to an aromatic ring is 1. The number of anilines is 1. The lowest BCUT2D eigenvalue weighted by Crippen LogP contribution is -2.18. The van der Waals surface area contributed by atoms with E-state index in [0.29, 0.717) is 11.3 Å². The Labute approximate surface area is 216 Å². The Hall–Kier alpha value is -4.49. The van der Waals surface area contributed by atoms with Gasteiger partial charge in [0, 0.05) is 35.3 Å². The third-order valence-corrected chi connectivity index (χ3v) is 5.09. The average molecular weight is 531 g/mol. The molecule has 0 saturated carbocycles. The van der Waals surface area contributed by atoms with Crippen LogP contribution in [0.15, 0.2) is 59.7 Å². The lowest BCUT2D eigenvalue weighted by Gasteiger charge is -2.21. The summed E-state index contributed by atoms with van der Waals surface area (Å²) >= 11 is 0. The Bertz CT molecular complexity index is 1410. The summed E-state index contributed by atoms with van der Waals surface area (Å²) in [6, 6.07) is 9.91. The van der Waals surface area contributed by atoms with Gasteiger partial charge in [-0.15, -0.1) is 22.2 Å². The summed E-state index contributed by atoms with van der Waals surface area (Å²) in [5.74, 6) is -0.616. The molecule has 0 aliphatic carbocycles. The van der Waals surface area contributed by atoms with E-state index in [-0.39, 0.29) is 60.3 Å². The fourth-order valence-corrected chi connectivity index (χ4v) is 3.39. The van der Waals surface area contributed by atoms with Crippen molar-refractivity contribution in [1.82, 2.24) is 24.7 Å². The molecule has 0 unspecified atom stereocenters. The lowest BCUT2D eigenvalue weighted by atomic mass is 10.0. The zero-order valence-corrected chi connectivity index (χ0v) is 20.3. The van der Waals surface area contributed by atoms with Gasteiger partial charge in [-0.05, 0) is 36.4 Å². The molecule has 6 N–H and O–H groups in total. The number of aromatic amines is 1. The fraction of sp³-hybridized carbons (Fsp3) is 0.174. The molecule has 0 amide bonds. The molecule has 0 saturated heterocycles. The van der Waals surface area contributed by atoms with Gasteiger partial charge in [-0.1, -0.05) is 0 Å². The molecule has 0 spiro atoms. The van der Waals surface area contributed by atoms with Gasteiger partial charge in [0.2, 0.25) is 0 Å². The molecule has 0 aliphatic heterocycles. The smallest absolute Gasteiger partial charge is 0.350 e. The molecule has 2 aromatic heterocycles. The van der Waals surface area contributed by atoms with Gasteiger partial charge in [0.25, 0.3) is 5.95 Å². The first kappa shape index (κ1) is 27.1. The molecule has 12 nitrogen and oxygen atoms in total. The molecule has 2 heterocycles. The number of rotatable bonds is 10. The van der Waals surface area contributed by atoms with Crippen molar-refractivity contribution in [2.75, 3.05) is 25.6 Å². The van der Waals surface area contributed by atoms with Gasteiger partial charge < -0.3 is 25.6 Å². The minimum absolute atomic E-state index is 0. The van der Waals surface area contributed by atoms with Crippen LogP contribution < -0.4 is 26.2 Å². The van der Waals surface area contributed by atoms with Gasteiger partial charge in [-0.3, -0.25) is 10.4 Å². The van der Waals surface area contributed by atoms with E-state index < -0.39 is 17.5 Å². The highest BCUT2D eigenvalue weighted by molar-refractivity contribution is 5.95. The van der Waals surface area contributed by atoms with E-state index in [0.717, 1.165) is 4.68 Å². The van der Waals surface area contributed by atoms with E-state index in [1.165, 1.54) is 31.6 Å². The van der Waals surface area contributed by atoms with Crippen LogP contribution in [0.2, 0.25) is 0 Å². The second kappa shape index (κ2) is 12.0. The minimum Gasteiger partial charge on any atom is -0.497 e. The maximum absolute atomic E-state index is 15.7. The number of amidine groups is 1. The van der Waals surface area contributed by atoms with Crippen LogP contribution in [0.1, 0.15) is 23.0 Å².